The summed E-state index contributed by atoms with van der Waals surface area (Å²) in [5.41, 5.74) is 1.23. The number of anilines is 2. The van der Waals surface area contributed by atoms with Gasteiger partial charge in [-0.3, -0.25) is 0 Å². The van der Waals surface area contributed by atoms with Crippen molar-refractivity contribution in [2.45, 2.75) is 15.0 Å². The van der Waals surface area contributed by atoms with Gasteiger partial charge in [0.2, 0.25) is 5.13 Å². The number of tetrazole rings is 1. The molecule has 13 heteroatoms. The van der Waals surface area contributed by atoms with Gasteiger partial charge in [0.1, 0.15) is 5.82 Å². The van der Waals surface area contributed by atoms with Gasteiger partial charge in [-0.2, -0.15) is 4.68 Å². The Kier molecular flexibility index (Phi) is 5.74. The molecule has 0 spiro atoms. The number of thioether (sulfide) groups is 1. The first-order valence-electron chi connectivity index (χ1n) is 8.45. The molecule has 0 unspecified atom stereocenters. The second-order valence-corrected chi connectivity index (χ2v) is 10.3. The van der Waals surface area contributed by atoms with Crippen LogP contribution in [0.25, 0.3) is 5.69 Å². The average Bonchev–Trinajstić information content (AvgIpc) is 3.35. The van der Waals surface area contributed by atoms with E-state index in [4.69, 9.17) is 0 Å². The van der Waals surface area contributed by atoms with E-state index < -0.39 is 9.84 Å². The molecule has 2 aromatic carbocycles. The molecule has 0 radical (unpaired) electrons. The Bertz CT molecular complexity index is 1270. The molecule has 0 aliphatic carbocycles. The monoisotopic (exact) mass is 463 g/mol. The first-order valence-corrected chi connectivity index (χ1v) is 12.1. The maximum absolute atomic E-state index is 13.3. The van der Waals surface area contributed by atoms with Crippen molar-refractivity contribution in [3.8, 4) is 5.69 Å². The lowest BCUT2D eigenvalue weighted by Crippen LogP contribution is -2.03. The predicted molar refractivity (Wildman–Crippen MR) is 111 cm³/mol. The van der Waals surface area contributed by atoms with E-state index in [-0.39, 0.29) is 10.7 Å². The van der Waals surface area contributed by atoms with Crippen LogP contribution < -0.4 is 5.32 Å². The Morgan fingerprint density at radius 2 is 1.93 bits per heavy atom. The Hall–Kier alpha value is -2.90. The highest BCUT2D eigenvalue weighted by Gasteiger charge is 2.13. The van der Waals surface area contributed by atoms with E-state index >= 15 is 0 Å². The Morgan fingerprint density at radius 1 is 1.13 bits per heavy atom. The largest absolute Gasteiger partial charge is 0.330 e. The second kappa shape index (κ2) is 8.45. The SMILES string of the molecule is CS(=O)(=O)c1ccc(-n2nnnc2CSc2nnc(Nc3cccc(F)c3)s2)cc1. The zero-order valence-electron chi connectivity index (χ0n) is 15.4. The highest BCUT2D eigenvalue weighted by Crippen LogP contribution is 2.30. The Balaban J connectivity index is 1.43. The lowest BCUT2D eigenvalue weighted by atomic mass is 10.3. The first-order chi connectivity index (χ1) is 14.4. The summed E-state index contributed by atoms with van der Waals surface area (Å²) >= 11 is 2.72. The van der Waals surface area contributed by atoms with Crippen molar-refractivity contribution in [1.29, 1.82) is 0 Å². The van der Waals surface area contributed by atoms with Crippen LogP contribution in [0.4, 0.5) is 15.2 Å². The third kappa shape index (κ3) is 4.80. The first kappa shape index (κ1) is 20.4. The number of benzene rings is 2. The smallest absolute Gasteiger partial charge is 0.210 e. The molecule has 0 fully saturated rings. The lowest BCUT2D eigenvalue weighted by molar-refractivity contribution is 0.602. The van der Waals surface area contributed by atoms with Gasteiger partial charge >= 0.3 is 0 Å². The molecule has 2 aromatic heterocycles. The van der Waals surface area contributed by atoms with Crippen LogP contribution in [0.15, 0.2) is 57.8 Å². The summed E-state index contributed by atoms with van der Waals surface area (Å²) < 4.78 is 38.7. The van der Waals surface area contributed by atoms with E-state index in [0.29, 0.717) is 32.4 Å². The fourth-order valence-electron chi connectivity index (χ4n) is 2.47. The molecular weight excluding hydrogens is 449 g/mol. The number of hydrogen-bond acceptors (Lipinski definition) is 10. The highest BCUT2D eigenvalue weighted by atomic mass is 32.2. The summed E-state index contributed by atoms with van der Waals surface area (Å²) in [6, 6.07) is 12.4. The molecule has 154 valence electrons. The molecule has 0 saturated heterocycles. The van der Waals surface area contributed by atoms with Gasteiger partial charge in [-0.15, -0.1) is 15.3 Å². The van der Waals surface area contributed by atoms with E-state index in [2.05, 4.69) is 31.0 Å². The summed E-state index contributed by atoms with van der Waals surface area (Å²) in [6.45, 7) is 0. The Labute approximate surface area is 179 Å². The van der Waals surface area contributed by atoms with Crippen LogP contribution in [0.1, 0.15) is 5.82 Å². The summed E-state index contributed by atoms with van der Waals surface area (Å²) in [7, 11) is -3.27. The molecule has 0 bridgehead atoms. The van der Waals surface area contributed by atoms with E-state index in [1.807, 2.05) is 0 Å². The minimum atomic E-state index is -3.27. The quantitative estimate of drug-likeness (QED) is 0.413. The van der Waals surface area contributed by atoms with Crippen molar-refractivity contribution in [3.05, 3.63) is 60.2 Å². The standard InChI is InChI=1S/C17H14FN7O2S3/c1-30(26,27)14-7-5-13(6-8-14)25-15(20-23-24-25)10-28-17-22-21-16(29-17)19-12-4-2-3-11(18)9-12/h2-9H,10H2,1H3,(H,19,21). The van der Waals surface area contributed by atoms with E-state index in [1.54, 1.807) is 24.3 Å². The molecule has 0 aliphatic heterocycles. The maximum atomic E-state index is 13.3. The van der Waals surface area contributed by atoms with Crippen LogP contribution in [-0.4, -0.2) is 45.1 Å². The zero-order chi connectivity index (χ0) is 21.1. The number of aromatic nitrogens is 6. The lowest BCUT2D eigenvalue weighted by Gasteiger charge is -2.05. The second-order valence-electron chi connectivity index (χ2n) is 6.07. The minimum absolute atomic E-state index is 0.224. The van der Waals surface area contributed by atoms with Crippen molar-refractivity contribution in [3.63, 3.8) is 0 Å². The number of nitrogens with zero attached hydrogens (tertiary/aromatic N) is 6. The number of rotatable bonds is 7. The van der Waals surface area contributed by atoms with Gasteiger partial charge < -0.3 is 5.32 Å². The van der Waals surface area contributed by atoms with Gasteiger partial charge in [0.05, 0.1) is 16.3 Å². The van der Waals surface area contributed by atoms with Gasteiger partial charge in [0.15, 0.2) is 20.0 Å². The third-order valence-electron chi connectivity index (χ3n) is 3.85. The molecule has 9 nitrogen and oxygen atoms in total. The molecule has 4 aromatic rings. The van der Waals surface area contributed by atoms with Crippen LogP contribution in [0, 0.1) is 5.82 Å². The van der Waals surface area contributed by atoms with Crippen molar-refractivity contribution in [1.82, 2.24) is 30.4 Å². The van der Waals surface area contributed by atoms with Crippen molar-refractivity contribution in [2.24, 2.45) is 0 Å². The van der Waals surface area contributed by atoms with Crippen LogP contribution in [-0.2, 0) is 15.6 Å². The highest BCUT2D eigenvalue weighted by molar-refractivity contribution is 8.00. The predicted octanol–water partition coefficient (Wildman–Crippen LogP) is 3.09. The van der Waals surface area contributed by atoms with Crippen molar-refractivity contribution in [2.75, 3.05) is 11.6 Å². The topological polar surface area (TPSA) is 116 Å². The summed E-state index contributed by atoms with van der Waals surface area (Å²) in [5, 5.41) is 23.4. The van der Waals surface area contributed by atoms with E-state index in [1.165, 1.54) is 52.0 Å². The van der Waals surface area contributed by atoms with Crippen molar-refractivity contribution < 1.29 is 12.8 Å². The number of halogens is 1. The number of nitrogens with one attached hydrogen (secondary N) is 1. The summed E-state index contributed by atoms with van der Waals surface area (Å²) in [6.07, 6.45) is 1.15. The number of hydrogen-bond donors (Lipinski definition) is 1. The van der Waals surface area contributed by atoms with Crippen LogP contribution in [0.3, 0.4) is 0 Å². The normalized spacial score (nSPS) is 11.5. The molecule has 0 aliphatic rings. The molecule has 0 saturated carbocycles. The molecule has 2 heterocycles. The maximum Gasteiger partial charge on any atom is 0.210 e. The molecular formula is C17H14FN7O2S3. The van der Waals surface area contributed by atoms with Crippen LogP contribution in [0.2, 0.25) is 0 Å². The van der Waals surface area contributed by atoms with Gasteiger partial charge in [0.25, 0.3) is 0 Å². The molecule has 4 rings (SSSR count). The average molecular weight is 464 g/mol. The number of sulfone groups is 1. The van der Waals surface area contributed by atoms with Crippen LogP contribution >= 0.6 is 23.1 Å². The Morgan fingerprint density at radius 3 is 2.67 bits per heavy atom. The molecule has 30 heavy (non-hydrogen) atoms. The third-order valence-corrected chi connectivity index (χ3v) is 6.95. The summed E-state index contributed by atoms with van der Waals surface area (Å²) in [4.78, 5) is 0.224. The van der Waals surface area contributed by atoms with Crippen LogP contribution in [0.5, 0.6) is 0 Å². The molecule has 0 amide bonds. The van der Waals surface area contributed by atoms with E-state index in [0.717, 1.165) is 6.26 Å². The zero-order valence-corrected chi connectivity index (χ0v) is 17.9. The minimum Gasteiger partial charge on any atom is -0.330 e. The van der Waals surface area contributed by atoms with Gasteiger partial charge in [0, 0.05) is 11.9 Å². The van der Waals surface area contributed by atoms with Gasteiger partial charge in [-0.1, -0.05) is 29.2 Å². The van der Waals surface area contributed by atoms with Gasteiger partial charge in [-0.05, 0) is 52.9 Å². The van der Waals surface area contributed by atoms with E-state index in [9.17, 15) is 12.8 Å². The fraction of sp³-hybridized carbons (Fsp3) is 0.118. The molecule has 1 N–H and O–H groups in total. The fourth-order valence-corrected chi connectivity index (χ4v) is 4.77. The van der Waals surface area contributed by atoms with Crippen molar-refractivity contribution >= 4 is 43.8 Å². The summed E-state index contributed by atoms with van der Waals surface area (Å²) in [5.74, 6) is 0.660. The van der Waals surface area contributed by atoms with Gasteiger partial charge in [-0.25, -0.2) is 12.8 Å². The molecule has 0 atom stereocenters.